The molecular weight excluding hydrogens is 238 g/mol. The molecule has 0 amide bonds. The van der Waals surface area contributed by atoms with Gasteiger partial charge in [0.25, 0.3) is 0 Å². The summed E-state index contributed by atoms with van der Waals surface area (Å²) >= 11 is 0. The Morgan fingerprint density at radius 1 is 1.26 bits per heavy atom. The highest BCUT2D eigenvalue weighted by atomic mass is 16.5. The molecule has 0 aliphatic carbocycles. The van der Waals surface area contributed by atoms with Crippen LogP contribution in [0.4, 0.5) is 0 Å². The summed E-state index contributed by atoms with van der Waals surface area (Å²) in [6, 6.07) is 5.80. The van der Waals surface area contributed by atoms with Crippen LogP contribution in [0, 0.1) is 0 Å². The smallest absolute Gasteiger partial charge is 0.127 e. The molecule has 0 unspecified atom stereocenters. The van der Waals surface area contributed by atoms with Gasteiger partial charge >= 0.3 is 0 Å². The molecule has 0 spiro atoms. The third kappa shape index (κ3) is 4.64. The van der Waals surface area contributed by atoms with E-state index in [0.29, 0.717) is 0 Å². The van der Waals surface area contributed by atoms with Crippen molar-refractivity contribution in [1.29, 1.82) is 0 Å². The molecule has 0 aromatic heterocycles. The maximum absolute atomic E-state index is 5.35. The fourth-order valence-corrected chi connectivity index (χ4v) is 1.69. The van der Waals surface area contributed by atoms with Gasteiger partial charge in [0.1, 0.15) is 11.5 Å². The molecule has 0 bridgehead atoms. The Hall–Kier alpha value is -2.00. The zero-order chi connectivity index (χ0) is 14.1. The number of benzene rings is 1. The van der Waals surface area contributed by atoms with Crippen LogP contribution < -0.4 is 14.8 Å². The van der Waals surface area contributed by atoms with Crippen molar-refractivity contribution in [2.45, 2.75) is 6.54 Å². The molecule has 102 valence electrons. The number of allylic oxidation sites excluding steroid dienone is 2. The summed E-state index contributed by atoms with van der Waals surface area (Å²) in [7, 11) is 3.30. The van der Waals surface area contributed by atoms with Crippen LogP contribution in [0.1, 0.15) is 5.56 Å². The van der Waals surface area contributed by atoms with Crippen molar-refractivity contribution in [2.75, 3.05) is 20.8 Å². The first kappa shape index (κ1) is 15.1. The molecule has 1 aromatic rings. The van der Waals surface area contributed by atoms with Crippen LogP contribution in [0.2, 0.25) is 0 Å². The second kappa shape index (κ2) is 8.16. The molecule has 0 aliphatic heterocycles. The van der Waals surface area contributed by atoms with Gasteiger partial charge < -0.3 is 14.8 Å². The van der Waals surface area contributed by atoms with E-state index < -0.39 is 0 Å². The summed E-state index contributed by atoms with van der Waals surface area (Å²) in [5.74, 6) is 1.61. The summed E-state index contributed by atoms with van der Waals surface area (Å²) in [5.41, 5.74) is 2.19. The molecule has 0 radical (unpaired) electrons. The summed E-state index contributed by atoms with van der Waals surface area (Å²) in [5, 5.41) is 3.34. The van der Waals surface area contributed by atoms with E-state index in [1.807, 2.05) is 30.4 Å². The van der Waals surface area contributed by atoms with Crippen molar-refractivity contribution in [3.8, 4) is 11.5 Å². The highest BCUT2D eigenvalue weighted by molar-refractivity contribution is 5.40. The first-order valence-corrected chi connectivity index (χ1v) is 6.10. The molecular formula is C16H21NO2. The zero-order valence-electron chi connectivity index (χ0n) is 11.6. The van der Waals surface area contributed by atoms with Gasteiger partial charge in [-0.3, -0.25) is 0 Å². The van der Waals surface area contributed by atoms with E-state index in [1.165, 1.54) is 0 Å². The summed E-state index contributed by atoms with van der Waals surface area (Å²) in [6.07, 6.45) is 5.51. The lowest BCUT2D eigenvalue weighted by Crippen LogP contribution is -2.16. The number of rotatable bonds is 8. The molecule has 3 heteroatoms. The van der Waals surface area contributed by atoms with E-state index in [2.05, 4.69) is 18.5 Å². The number of ether oxygens (including phenoxy) is 2. The summed E-state index contributed by atoms with van der Waals surface area (Å²) in [4.78, 5) is 0. The van der Waals surface area contributed by atoms with E-state index in [1.54, 1.807) is 20.3 Å². The van der Waals surface area contributed by atoms with Crippen LogP contribution in [0.15, 0.2) is 55.2 Å². The molecule has 0 heterocycles. The molecule has 3 nitrogen and oxygen atoms in total. The quantitative estimate of drug-likeness (QED) is 0.728. The molecule has 1 N–H and O–H groups in total. The Morgan fingerprint density at radius 3 is 2.63 bits per heavy atom. The number of methoxy groups -OCH3 is 2. The second-order valence-electron chi connectivity index (χ2n) is 3.96. The number of nitrogens with one attached hydrogen (secondary N) is 1. The summed E-state index contributed by atoms with van der Waals surface area (Å²) < 4.78 is 10.5. The minimum atomic E-state index is 0.718. The fourth-order valence-electron chi connectivity index (χ4n) is 1.69. The van der Waals surface area contributed by atoms with E-state index in [9.17, 15) is 0 Å². The monoisotopic (exact) mass is 259 g/mol. The van der Waals surface area contributed by atoms with E-state index in [0.717, 1.165) is 35.7 Å². The lowest BCUT2D eigenvalue weighted by atomic mass is 10.1. The van der Waals surface area contributed by atoms with Gasteiger partial charge in [0.05, 0.1) is 14.2 Å². The Bertz CT molecular complexity index is 464. The van der Waals surface area contributed by atoms with E-state index >= 15 is 0 Å². The van der Waals surface area contributed by atoms with Crippen LogP contribution in [-0.4, -0.2) is 20.8 Å². The molecule has 1 aromatic carbocycles. The van der Waals surface area contributed by atoms with Crippen LogP contribution in [0.25, 0.3) is 0 Å². The molecule has 0 saturated heterocycles. The fraction of sp³-hybridized carbons (Fsp3) is 0.250. The largest absolute Gasteiger partial charge is 0.497 e. The Kier molecular flexibility index (Phi) is 6.47. The van der Waals surface area contributed by atoms with Crippen molar-refractivity contribution >= 4 is 0 Å². The minimum absolute atomic E-state index is 0.718. The molecule has 0 saturated carbocycles. The summed E-state index contributed by atoms with van der Waals surface area (Å²) in [6.45, 7) is 8.90. The van der Waals surface area contributed by atoms with Crippen molar-refractivity contribution < 1.29 is 9.47 Å². The van der Waals surface area contributed by atoms with Gasteiger partial charge in [0.2, 0.25) is 0 Å². The molecule has 0 aliphatic rings. The highest BCUT2D eigenvalue weighted by Crippen LogP contribution is 2.24. The lowest BCUT2D eigenvalue weighted by molar-refractivity contribution is 0.390. The van der Waals surface area contributed by atoms with Gasteiger partial charge in [-0.1, -0.05) is 37.5 Å². The van der Waals surface area contributed by atoms with Crippen molar-refractivity contribution in [2.24, 2.45) is 0 Å². The van der Waals surface area contributed by atoms with Gasteiger partial charge in [0, 0.05) is 24.7 Å². The van der Waals surface area contributed by atoms with E-state index in [-0.39, 0.29) is 0 Å². The first-order valence-electron chi connectivity index (χ1n) is 6.10. The average Bonchev–Trinajstić information content (AvgIpc) is 2.46. The SMILES string of the molecule is C=C/C=C(\C=C)CNCc1ccc(OC)cc1OC. The standard InChI is InChI=1S/C16H21NO2/c1-5-7-13(6-2)11-17-12-14-8-9-15(18-3)10-16(14)19-4/h5-10,17H,1-2,11-12H2,3-4H3/b13-7+. The van der Waals surface area contributed by atoms with Gasteiger partial charge in [-0.05, 0) is 11.6 Å². The molecule has 19 heavy (non-hydrogen) atoms. The Morgan fingerprint density at radius 2 is 2.05 bits per heavy atom. The van der Waals surface area contributed by atoms with Gasteiger partial charge in [-0.25, -0.2) is 0 Å². The maximum atomic E-state index is 5.35. The maximum Gasteiger partial charge on any atom is 0.127 e. The van der Waals surface area contributed by atoms with Crippen LogP contribution in [0.5, 0.6) is 11.5 Å². The average molecular weight is 259 g/mol. The first-order chi connectivity index (χ1) is 9.24. The predicted molar refractivity (Wildman–Crippen MR) is 79.7 cm³/mol. The van der Waals surface area contributed by atoms with Crippen molar-refractivity contribution in [1.82, 2.24) is 5.32 Å². The van der Waals surface area contributed by atoms with E-state index in [4.69, 9.17) is 9.47 Å². The Balaban J connectivity index is 2.64. The van der Waals surface area contributed by atoms with Gasteiger partial charge in [-0.15, -0.1) is 0 Å². The van der Waals surface area contributed by atoms with Gasteiger partial charge in [-0.2, -0.15) is 0 Å². The molecule has 0 fully saturated rings. The van der Waals surface area contributed by atoms with Crippen LogP contribution >= 0.6 is 0 Å². The van der Waals surface area contributed by atoms with Crippen molar-refractivity contribution in [3.63, 3.8) is 0 Å². The molecule has 0 atom stereocenters. The van der Waals surface area contributed by atoms with Gasteiger partial charge in [0.15, 0.2) is 0 Å². The van der Waals surface area contributed by atoms with Crippen LogP contribution in [-0.2, 0) is 6.54 Å². The third-order valence-corrected chi connectivity index (χ3v) is 2.73. The zero-order valence-corrected chi connectivity index (χ0v) is 11.6. The number of hydrogen-bond donors (Lipinski definition) is 1. The number of hydrogen-bond acceptors (Lipinski definition) is 3. The van der Waals surface area contributed by atoms with Crippen LogP contribution in [0.3, 0.4) is 0 Å². The van der Waals surface area contributed by atoms with Crippen molar-refractivity contribution in [3.05, 3.63) is 60.7 Å². The normalized spacial score (nSPS) is 10.9. The lowest BCUT2D eigenvalue weighted by Gasteiger charge is -2.11. The minimum Gasteiger partial charge on any atom is -0.497 e. The Labute approximate surface area is 115 Å². The third-order valence-electron chi connectivity index (χ3n) is 2.73. The second-order valence-corrected chi connectivity index (χ2v) is 3.96. The predicted octanol–water partition coefficient (Wildman–Crippen LogP) is 3.09. The topological polar surface area (TPSA) is 30.5 Å². The highest BCUT2D eigenvalue weighted by Gasteiger charge is 2.04. The molecule has 1 rings (SSSR count).